The molecule has 1 aliphatic heterocycles. The highest BCUT2D eigenvalue weighted by Crippen LogP contribution is 2.28. The fourth-order valence-corrected chi connectivity index (χ4v) is 3.20. The number of piperidine rings is 1. The first-order valence-electron chi connectivity index (χ1n) is 8.91. The minimum Gasteiger partial charge on any atom is -0.493 e. The summed E-state index contributed by atoms with van der Waals surface area (Å²) in [5, 5.41) is 6.44. The number of hydrogen-bond acceptors (Lipinski definition) is 4. The van der Waals surface area contributed by atoms with Gasteiger partial charge in [-0.05, 0) is 62.4 Å². The zero-order valence-corrected chi connectivity index (χ0v) is 16.3. The van der Waals surface area contributed by atoms with Crippen molar-refractivity contribution in [1.82, 2.24) is 10.6 Å². The van der Waals surface area contributed by atoms with Gasteiger partial charge in [0.2, 0.25) is 5.91 Å². The van der Waals surface area contributed by atoms with E-state index in [1.54, 1.807) is 7.11 Å². The largest absolute Gasteiger partial charge is 0.493 e. The van der Waals surface area contributed by atoms with Crippen LogP contribution in [0.5, 0.6) is 11.5 Å². The lowest BCUT2D eigenvalue weighted by molar-refractivity contribution is -0.122. The fraction of sp³-hybridized carbons (Fsp3) is 0.632. The summed E-state index contributed by atoms with van der Waals surface area (Å²) < 4.78 is 10.9. The quantitative estimate of drug-likeness (QED) is 0.738. The first-order chi connectivity index (χ1) is 11.6. The van der Waals surface area contributed by atoms with Gasteiger partial charge in [0.1, 0.15) is 0 Å². The highest BCUT2D eigenvalue weighted by Gasteiger charge is 2.21. The molecular formula is C19H31ClN2O3. The standard InChI is InChI=1S/C19H30N2O3.ClH/c1-4-24-18-11-15(7-8-17(18)23-3)12-21-19(22)10-14(2)16-6-5-9-20-13-16;/h7-8,11,14,16,20H,4-6,9-10,12-13H2,1-3H3,(H,21,22);1H. The van der Waals surface area contributed by atoms with Crippen molar-refractivity contribution in [2.45, 2.75) is 39.7 Å². The van der Waals surface area contributed by atoms with E-state index in [0.717, 1.165) is 18.7 Å². The molecule has 1 saturated heterocycles. The van der Waals surface area contributed by atoms with Crippen LogP contribution in [0.15, 0.2) is 18.2 Å². The maximum absolute atomic E-state index is 12.2. The number of ether oxygens (including phenoxy) is 2. The lowest BCUT2D eigenvalue weighted by atomic mass is 9.85. The molecule has 2 atom stereocenters. The number of methoxy groups -OCH3 is 1. The van der Waals surface area contributed by atoms with Gasteiger partial charge >= 0.3 is 0 Å². The van der Waals surface area contributed by atoms with Crippen LogP contribution >= 0.6 is 12.4 Å². The van der Waals surface area contributed by atoms with Gasteiger partial charge in [-0.15, -0.1) is 12.4 Å². The number of amides is 1. The Morgan fingerprint density at radius 3 is 2.84 bits per heavy atom. The molecule has 1 amide bonds. The fourth-order valence-electron chi connectivity index (χ4n) is 3.20. The molecule has 0 aliphatic carbocycles. The first-order valence-corrected chi connectivity index (χ1v) is 8.91. The predicted molar refractivity (Wildman–Crippen MR) is 103 cm³/mol. The summed E-state index contributed by atoms with van der Waals surface area (Å²) in [6.07, 6.45) is 3.02. The maximum Gasteiger partial charge on any atom is 0.220 e. The third-order valence-electron chi connectivity index (χ3n) is 4.66. The van der Waals surface area contributed by atoms with Crippen molar-refractivity contribution in [1.29, 1.82) is 0 Å². The molecule has 2 rings (SSSR count). The topological polar surface area (TPSA) is 59.6 Å². The van der Waals surface area contributed by atoms with E-state index in [-0.39, 0.29) is 18.3 Å². The molecule has 1 fully saturated rings. The first kappa shape index (κ1) is 21.6. The number of hydrogen-bond donors (Lipinski definition) is 2. The number of halogens is 1. The van der Waals surface area contributed by atoms with Crippen LogP contribution in [0.4, 0.5) is 0 Å². The second-order valence-electron chi connectivity index (χ2n) is 6.48. The van der Waals surface area contributed by atoms with E-state index in [9.17, 15) is 4.79 Å². The molecule has 0 spiro atoms. The molecule has 2 unspecified atom stereocenters. The van der Waals surface area contributed by atoms with Gasteiger partial charge < -0.3 is 20.1 Å². The van der Waals surface area contributed by atoms with E-state index in [1.807, 2.05) is 25.1 Å². The van der Waals surface area contributed by atoms with E-state index < -0.39 is 0 Å². The van der Waals surface area contributed by atoms with Crippen LogP contribution in [0.25, 0.3) is 0 Å². The minimum absolute atomic E-state index is 0. The van der Waals surface area contributed by atoms with Crippen LogP contribution in [0.3, 0.4) is 0 Å². The van der Waals surface area contributed by atoms with Crippen LogP contribution < -0.4 is 20.1 Å². The lowest BCUT2D eigenvalue weighted by Gasteiger charge is -2.28. The number of benzene rings is 1. The van der Waals surface area contributed by atoms with E-state index in [0.29, 0.717) is 42.9 Å². The van der Waals surface area contributed by atoms with Crippen molar-refractivity contribution in [2.24, 2.45) is 11.8 Å². The molecular weight excluding hydrogens is 340 g/mol. The van der Waals surface area contributed by atoms with Gasteiger partial charge in [0.15, 0.2) is 11.5 Å². The van der Waals surface area contributed by atoms with Crippen LogP contribution in [0, 0.1) is 11.8 Å². The Labute approximate surface area is 157 Å². The van der Waals surface area contributed by atoms with Gasteiger partial charge in [-0.25, -0.2) is 0 Å². The third kappa shape index (κ3) is 6.75. The Morgan fingerprint density at radius 2 is 2.20 bits per heavy atom. The maximum atomic E-state index is 12.2. The van der Waals surface area contributed by atoms with Crippen molar-refractivity contribution >= 4 is 18.3 Å². The van der Waals surface area contributed by atoms with Gasteiger partial charge in [-0.2, -0.15) is 0 Å². The Bertz CT molecular complexity index is 533. The van der Waals surface area contributed by atoms with E-state index in [2.05, 4.69) is 17.6 Å². The van der Waals surface area contributed by atoms with Gasteiger partial charge in [-0.1, -0.05) is 13.0 Å². The molecule has 6 heteroatoms. The summed E-state index contributed by atoms with van der Waals surface area (Å²) in [6, 6.07) is 5.76. The van der Waals surface area contributed by atoms with Crippen molar-refractivity contribution in [2.75, 3.05) is 26.8 Å². The zero-order valence-electron chi connectivity index (χ0n) is 15.5. The molecule has 2 N–H and O–H groups in total. The summed E-state index contributed by atoms with van der Waals surface area (Å²) in [5.41, 5.74) is 1.01. The summed E-state index contributed by atoms with van der Waals surface area (Å²) in [7, 11) is 1.63. The summed E-state index contributed by atoms with van der Waals surface area (Å²) in [4.78, 5) is 12.2. The van der Waals surface area contributed by atoms with Crippen molar-refractivity contribution in [3.05, 3.63) is 23.8 Å². The lowest BCUT2D eigenvalue weighted by Crippen LogP contribution is -2.35. The Kier molecular flexibility index (Phi) is 9.68. The predicted octanol–water partition coefficient (Wildman–Crippen LogP) is 3.16. The van der Waals surface area contributed by atoms with Crippen LogP contribution in [0.2, 0.25) is 0 Å². The van der Waals surface area contributed by atoms with Gasteiger partial charge in [-0.3, -0.25) is 4.79 Å². The monoisotopic (exact) mass is 370 g/mol. The van der Waals surface area contributed by atoms with E-state index in [4.69, 9.17) is 9.47 Å². The zero-order chi connectivity index (χ0) is 17.4. The minimum atomic E-state index is 0. The highest BCUT2D eigenvalue weighted by atomic mass is 35.5. The number of carbonyl (C=O) groups is 1. The normalized spacial score (nSPS) is 18.0. The molecule has 1 aromatic carbocycles. The highest BCUT2D eigenvalue weighted by molar-refractivity contribution is 5.85. The van der Waals surface area contributed by atoms with E-state index >= 15 is 0 Å². The second-order valence-corrected chi connectivity index (χ2v) is 6.48. The SMILES string of the molecule is CCOc1cc(CNC(=O)CC(C)C2CCCNC2)ccc1OC.Cl. The second kappa shape index (κ2) is 11.2. The average Bonchev–Trinajstić information content (AvgIpc) is 2.61. The van der Waals surface area contributed by atoms with Crippen LogP contribution in [-0.4, -0.2) is 32.7 Å². The van der Waals surface area contributed by atoms with Crippen molar-refractivity contribution in [3.63, 3.8) is 0 Å². The van der Waals surface area contributed by atoms with Gasteiger partial charge in [0, 0.05) is 13.0 Å². The molecule has 25 heavy (non-hydrogen) atoms. The molecule has 0 saturated carbocycles. The molecule has 1 aliphatic rings. The number of nitrogens with one attached hydrogen (secondary N) is 2. The number of rotatable bonds is 8. The smallest absolute Gasteiger partial charge is 0.220 e. The van der Waals surface area contributed by atoms with Crippen molar-refractivity contribution in [3.8, 4) is 11.5 Å². The summed E-state index contributed by atoms with van der Waals surface area (Å²) >= 11 is 0. The molecule has 1 aromatic rings. The Balaban J connectivity index is 0.00000312. The van der Waals surface area contributed by atoms with Crippen LogP contribution in [-0.2, 0) is 11.3 Å². The summed E-state index contributed by atoms with van der Waals surface area (Å²) in [5.74, 6) is 2.56. The summed E-state index contributed by atoms with van der Waals surface area (Å²) in [6.45, 7) is 7.35. The Hall–Kier alpha value is -1.46. The molecule has 5 nitrogen and oxygen atoms in total. The van der Waals surface area contributed by atoms with Gasteiger partial charge in [0.25, 0.3) is 0 Å². The molecule has 142 valence electrons. The van der Waals surface area contributed by atoms with Gasteiger partial charge in [0.05, 0.1) is 13.7 Å². The average molecular weight is 371 g/mol. The molecule has 0 aromatic heterocycles. The third-order valence-corrected chi connectivity index (χ3v) is 4.66. The van der Waals surface area contributed by atoms with E-state index in [1.165, 1.54) is 12.8 Å². The number of carbonyl (C=O) groups excluding carboxylic acids is 1. The van der Waals surface area contributed by atoms with Crippen molar-refractivity contribution < 1.29 is 14.3 Å². The molecule has 0 bridgehead atoms. The molecule has 0 radical (unpaired) electrons. The molecule has 1 heterocycles. The Morgan fingerprint density at radius 1 is 1.40 bits per heavy atom. The van der Waals surface area contributed by atoms with Crippen LogP contribution in [0.1, 0.15) is 38.7 Å².